The molecule has 0 fully saturated rings. The van der Waals surface area contributed by atoms with Gasteiger partial charge >= 0.3 is 0 Å². The number of anilines is 2. The fourth-order valence-electron chi connectivity index (χ4n) is 4.04. The maximum absolute atomic E-state index is 13.3. The molecule has 2 amide bonds. The number of carbonyl (C=O) groups excluding carboxylic acids is 2. The Morgan fingerprint density at radius 3 is 2.18 bits per heavy atom. The number of aromatic nitrogens is 1. The van der Waals surface area contributed by atoms with Gasteiger partial charge in [-0.3, -0.25) is 9.59 Å². The van der Waals surface area contributed by atoms with E-state index < -0.39 is 6.10 Å². The first-order valence-corrected chi connectivity index (χ1v) is 14.4. The van der Waals surface area contributed by atoms with Crippen LogP contribution >= 0.6 is 15.9 Å². The Hall–Kier alpha value is -3.19. The normalized spacial score (nSPS) is 12.5. The van der Waals surface area contributed by atoms with Gasteiger partial charge < -0.3 is 15.4 Å². The zero-order chi connectivity index (χ0) is 28.8. The zero-order valence-corrected chi connectivity index (χ0v) is 25.6. The number of hydrogen-bond donors (Lipinski definition) is 2. The number of rotatable bonds is 11. The lowest BCUT2D eigenvalue weighted by Gasteiger charge is -2.31. The molecule has 0 bridgehead atoms. The smallest absolute Gasteiger partial charge is 0.265 e. The van der Waals surface area contributed by atoms with Gasteiger partial charge in [-0.1, -0.05) is 78.8 Å². The second-order valence-electron chi connectivity index (χ2n) is 11.1. The third-order valence-electron chi connectivity index (χ3n) is 7.57. The van der Waals surface area contributed by atoms with Gasteiger partial charge in [0.25, 0.3) is 11.8 Å². The SMILES string of the molecule is CCC(Oc1ccc(C(C)(C)CC)cc1C(C)(C)CC)C(=O)Nc1cnc(NC(=O)c2ccccc2)c(Br)c1. The standard InChI is InChI=1S/C32H40BrN3O3/c1-8-26(39-27-17-16-22(31(4,5)9-2)18-24(27)32(6,7)10-3)30(38)35-23-19-25(33)28(34-20-23)36-29(37)21-14-12-11-13-15-21/h11-20,26H,8-10H2,1-7H3,(H,35,38)(H,34,36,37). The number of carbonyl (C=O) groups is 2. The molecular formula is C32H40BrN3O3. The van der Waals surface area contributed by atoms with Crippen molar-refractivity contribution in [3.8, 4) is 5.75 Å². The number of hydrogen-bond acceptors (Lipinski definition) is 4. The van der Waals surface area contributed by atoms with E-state index in [1.165, 1.54) is 11.8 Å². The Balaban J connectivity index is 1.78. The first kappa shape index (κ1) is 30.4. The van der Waals surface area contributed by atoms with Gasteiger partial charge in [0.15, 0.2) is 6.10 Å². The molecule has 0 saturated carbocycles. The molecule has 3 rings (SSSR count). The van der Waals surface area contributed by atoms with Crippen molar-refractivity contribution >= 4 is 39.2 Å². The summed E-state index contributed by atoms with van der Waals surface area (Å²) in [5.41, 5.74) is 3.34. The average Bonchev–Trinajstić information content (AvgIpc) is 2.93. The first-order valence-electron chi connectivity index (χ1n) is 13.6. The van der Waals surface area contributed by atoms with Gasteiger partial charge in [0.2, 0.25) is 0 Å². The number of benzene rings is 2. The number of amides is 2. The molecule has 0 aliphatic rings. The van der Waals surface area contributed by atoms with Crippen molar-refractivity contribution in [3.63, 3.8) is 0 Å². The summed E-state index contributed by atoms with van der Waals surface area (Å²) in [6, 6.07) is 17.0. The van der Waals surface area contributed by atoms with Crippen LogP contribution in [0.1, 0.15) is 89.2 Å². The summed E-state index contributed by atoms with van der Waals surface area (Å²) in [6.45, 7) is 15.2. The van der Waals surface area contributed by atoms with Gasteiger partial charge in [-0.05, 0) is 75.9 Å². The van der Waals surface area contributed by atoms with Crippen LogP contribution < -0.4 is 15.4 Å². The predicted molar refractivity (Wildman–Crippen MR) is 163 cm³/mol. The lowest BCUT2D eigenvalue weighted by Crippen LogP contribution is -2.33. The number of nitrogens with zero attached hydrogens (tertiary/aromatic N) is 1. The highest BCUT2D eigenvalue weighted by molar-refractivity contribution is 9.10. The fraction of sp³-hybridized carbons (Fsp3) is 0.406. The van der Waals surface area contributed by atoms with E-state index in [1.807, 2.05) is 19.1 Å². The van der Waals surface area contributed by atoms with E-state index in [0.717, 1.165) is 24.2 Å². The molecule has 3 aromatic rings. The molecule has 2 N–H and O–H groups in total. The Labute approximate surface area is 241 Å². The van der Waals surface area contributed by atoms with Crippen LogP contribution in [0.4, 0.5) is 11.5 Å². The van der Waals surface area contributed by atoms with Crippen molar-refractivity contribution in [1.82, 2.24) is 4.98 Å². The van der Waals surface area contributed by atoms with Crippen molar-refractivity contribution in [3.05, 3.63) is 82.0 Å². The molecule has 6 nitrogen and oxygen atoms in total. The molecule has 0 aliphatic heterocycles. The van der Waals surface area contributed by atoms with Gasteiger partial charge in [-0.2, -0.15) is 0 Å². The van der Waals surface area contributed by atoms with Crippen LogP contribution in [0.2, 0.25) is 0 Å². The fourth-order valence-corrected chi connectivity index (χ4v) is 4.49. The van der Waals surface area contributed by atoms with Crippen molar-refractivity contribution in [1.29, 1.82) is 0 Å². The maximum atomic E-state index is 13.3. The van der Waals surface area contributed by atoms with Crippen LogP contribution in [0.25, 0.3) is 0 Å². The Bertz CT molecular complexity index is 1310. The minimum absolute atomic E-state index is 0.0474. The number of ether oxygens (including phenoxy) is 1. The van der Waals surface area contributed by atoms with E-state index in [2.05, 4.69) is 85.2 Å². The summed E-state index contributed by atoms with van der Waals surface area (Å²) in [4.78, 5) is 30.1. The van der Waals surface area contributed by atoms with Crippen molar-refractivity contribution in [2.24, 2.45) is 0 Å². The van der Waals surface area contributed by atoms with E-state index in [0.29, 0.717) is 28.0 Å². The largest absolute Gasteiger partial charge is 0.480 e. The summed E-state index contributed by atoms with van der Waals surface area (Å²) >= 11 is 3.45. The topological polar surface area (TPSA) is 80.3 Å². The van der Waals surface area contributed by atoms with E-state index in [4.69, 9.17) is 4.74 Å². The highest BCUT2D eigenvalue weighted by Crippen LogP contribution is 2.39. The second kappa shape index (κ2) is 12.8. The van der Waals surface area contributed by atoms with Gasteiger partial charge in [0.05, 0.1) is 16.4 Å². The van der Waals surface area contributed by atoms with Crippen LogP contribution in [-0.4, -0.2) is 22.9 Å². The van der Waals surface area contributed by atoms with Crippen LogP contribution in [0.5, 0.6) is 5.75 Å². The molecule has 1 atom stereocenters. The second-order valence-corrected chi connectivity index (χ2v) is 11.9. The predicted octanol–water partition coefficient (Wildman–Crippen LogP) is 8.27. The molecular weight excluding hydrogens is 554 g/mol. The third kappa shape index (κ3) is 7.47. The number of nitrogens with one attached hydrogen (secondary N) is 2. The minimum atomic E-state index is -0.683. The summed E-state index contributed by atoms with van der Waals surface area (Å²) < 4.78 is 6.93. The molecule has 0 saturated heterocycles. The Kier molecular flexibility index (Phi) is 9.94. The minimum Gasteiger partial charge on any atom is -0.480 e. The van der Waals surface area contributed by atoms with Gasteiger partial charge in [-0.25, -0.2) is 4.98 Å². The lowest BCUT2D eigenvalue weighted by atomic mass is 9.76. The molecule has 0 radical (unpaired) electrons. The Morgan fingerprint density at radius 2 is 1.59 bits per heavy atom. The van der Waals surface area contributed by atoms with Gasteiger partial charge in [0.1, 0.15) is 11.6 Å². The molecule has 7 heteroatoms. The van der Waals surface area contributed by atoms with E-state index in [-0.39, 0.29) is 22.6 Å². The highest BCUT2D eigenvalue weighted by atomic mass is 79.9. The first-order chi connectivity index (χ1) is 18.4. The maximum Gasteiger partial charge on any atom is 0.265 e. The van der Waals surface area contributed by atoms with E-state index in [9.17, 15) is 9.59 Å². The lowest BCUT2D eigenvalue weighted by molar-refractivity contribution is -0.122. The van der Waals surface area contributed by atoms with Crippen LogP contribution in [-0.2, 0) is 15.6 Å². The quantitative estimate of drug-likeness (QED) is 0.234. The summed E-state index contributed by atoms with van der Waals surface area (Å²) in [7, 11) is 0. The van der Waals surface area contributed by atoms with Gasteiger partial charge in [0, 0.05) is 11.1 Å². The Morgan fingerprint density at radius 1 is 0.923 bits per heavy atom. The van der Waals surface area contributed by atoms with E-state index >= 15 is 0 Å². The monoisotopic (exact) mass is 593 g/mol. The summed E-state index contributed by atoms with van der Waals surface area (Å²) in [5, 5.41) is 5.70. The molecule has 1 aromatic heterocycles. The highest BCUT2D eigenvalue weighted by Gasteiger charge is 2.29. The molecule has 208 valence electrons. The summed E-state index contributed by atoms with van der Waals surface area (Å²) in [5.74, 6) is 0.578. The van der Waals surface area contributed by atoms with Crippen molar-refractivity contribution in [2.45, 2.75) is 84.7 Å². The third-order valence-corrected chi connectivity index (χ3v) is 8.17. The molecule has 2 aromatic carbocycles. The number of halogens is 1. The summed E-state index contributed by atoms with van der Waals surface area (Å²) in [6.07, 6.45) is 3.30. The van der Waals surface area contributed by atoms with Crippen molar-refractivity contribution < 1.29 is 14.3 Å². The number of pyridine rings is 1. The molecule has 0 spiro atoms. The van der Waals surface area contributed by atoms with Crippen molar-refractivity contribution in [2.75, 3.05) is 10.6 Å². The van der Waals surface area contributed by atoms with Crippen LogP contribution in [0.15, 0.2) is 65.3 Å². The molecule has 1 unspecified atom stereocenters. The molecule has 0 aliphatic carbocycles. The zero-order valence-electron chi connectivity index (χ0n) is 24.0. The van der Waals surface area contributed by atoms with Crippen LogP contribution in [0, 0.1) is 0 Å². The molecule has 39 heavy (non-hydrogen) atoms. The average molecular weight is 595 g/mol. The van der Waals surface area contributed by atoms with E-state index in [1.54, 1.807) is 30.3 Å². The molecule has 1 heterocycles. The van der Waals surface area contributed by atoms with Crippen LogP contribution in [0.3, 0.4) is 0 Å². The van der Waals surface area contributed by atoms with Gasteiger partial charge in [-0.15, -0.1) is 0 Å².